The van der Waals surface area contributed by atoms with Gasteiger partial charge in [0.25, 0.3) is 0 Å². The number of rotatable bonds is 6. The second-order valence-corrected chi connectivity index (χ2v) is 6.11. The Hall–Kier alpha value is -1.12. The highest BCUT2D eigenvalue weighted by Crippen LogP contribution is 2.39. The van der Waals surface area contributed by atoms with Crippen LogP contribution in [0.15, 0.2) is 12.1 Å². The molecule has 1 aromatic rings. The summed E-state index contributed by atoms with van der Waals surface area (Å²) in [5, 5.41) is 0. The molecule has 1 aliphatic rings. The van der Waals surface area contributed by atoms with Gasteiger partial charge in [0.15, 0.2) is 17.4 Å². The molecular formula is C18H26F2O. The average Bonchev–Trinajstić information content (AvgIpc) is 2.49. The Bertz CT molecular complexity index is 428. The molecule has 2 rings (SSSR count). The second kappa shape index (κ2) is 7.77. The topological polar surface area (TPSA) is 9.23 Å². The van der Waals surface area contributed by atoms with Gasteiger partial charge in [0.1, 0.15) is 0 Å². The van der Waals surface area contributed by atoms with Gasteiger partial charge in [-0.15, -0.1) is 0 Å². The van der Waals surface area contributed by atoms with Crippen LogP contribution in [0.1, 0.15) is 70.3 Å². The Morgan fingerprint density at radius 1 is 1.05 bits per heavy atom. The summed E-state index contributed by atoms with van der Waals surface area (Å²) in [5.74, 6) is -0.279. The van der Waals surface area contributed by atoms with Gasteiger partial charge in [-0.1, -0.05) is 26.2 Å². The van der Waals surface area contributed by atoms with E-state index in [1.54, 1.807) is 6.92 Å². The van der Waals surface area contributed by atoms with E-state index in [0.29, 0.717) is 5.92 Å². The van der Waals surface area contributed by atoms with Crippen molar-refractivity contribution in [3.63, 3.8) is 0 Å². The maximum absolute atomic E-state index is 13.9. The van der Waals surface area contributed by atoms with Crippen molar-refractivity contribution < 1.29 is 13.5 Å². The normalized spacial score (nSPS) is 22.3. The van der Waals surface area contributed by atoms with Crippen molar-refractivity contribution >= 4 is 0 Å². The van der Waals surface area contributed by atoms with Gasteiger partial charge in [0.2, 0.25) is 0 Å². The number of hydrogen-bond donors (Lipinski definition) is 0. The Morgan fingerprint density at radius 2 is 1.67 bits per heavy atom. The summed E-state index contributed by atoms with van der Waals surface area (Å²) in [6.45, 7) is 4.22. The predicted molar refractivity (Wildman–Crippen MR) is 81.8 cm³/mol. The molecule has 1 aromatic carbocycles. The third-order valence-electron chi connectivity index (χ3n) is 4.59. The fraction of sp³-hybridized carbons (Fsp3) is 0.667. The number of ether oxygens (including phenoxy) is 1. The highest BCUT2D eigenvalue weighted by atomic mass is 19.1. The van der Waals surface area contributed by atoms with Crippen LogP contribution < -0.4 is 4.74 Å². The monoisotopic (exact) mass is 296 g/mol. The summed E-state index contributed by atoms with van der Waals surface area (Å²) < 4.78 is 32.9. The third-order valence-corrected chi connectivity index (χ3v) is 4.59. The number of halogens is 2. The van der Waals surface area contributed by atoms with Crippen molar-refractivity contribution in [2.45, 2.75) is 64.7 Å². The van der Waals surface area contributed by atoms with E-state index in [4.69, 9.17) is 4.74 Å². The van der Waals surface area contributed by atoms with Crippen LogP contribution in [0.2, 0.25) is 0 Å². The molecule has 1 aliphatic carbocycles. The predicted octanol–water partition coefficient (Wildman–Crippen LogP) is 5.83. The van der Waals surface area contributed by atoms with Crippen molar-refractivity contribution in [3.8, 4) is 5.75 Å². The van der Waals surface area contributed by atoms with Crippen LogP contribution >= 0.6 is 0 Å². The van der Waals surface area contributed by atoms with Crippen LogP contribution in [0.4, 0.5) is 8.78 Å². The fourth-order valence-electron chi connectivity index (χ4n) is 3.37. The average molecular weight is 296 g/mol. The van der Waals surface area contributed by atoms with Gasteiger partial charge in [-0.25, -0.2) is 8.78 Å². The Balaban J connectivity index is 2.00. The van der Waals surface area contributed by atoms with Crippen molar-refractivity contribution in [3.05, 3.63) is 29.3 Å². The molecule has 1 fully saturated rings. The molecule has 0 radical (unpaired) electrons. The van der Waals surface area contributed by atoms with Crippen LogP contribution in [-0.2, 0) is 0 Å². The lowest BCUT2D eigenvalue weighted by Crippen LogP contribution is -2.14. The zero-order valence-corrected chi connectivity index (χ0v) is 13.1. The summed E-state index contributed by atoms with van der Waals surface area (Å²) in [6.07, 6.45) is 8.29. The van der Waals surface area contributed by atoms with Crippen LogP contribution in [0.3, 0.4) is 0 Å². The van der Waals surface area contributed by atoms with Gasteiger partial charge in [0, 0.05) is 0 Å². The first-order valence-corrected chi connectivity index (χ1v) is 8.27. The van der Waals surface area contributed by atoms with E-state index in [-0.39, 0.29) is 12.4 Å². The molecule has 0 bridgehead atoms. The molecule has 21 heavy (non-hydrogen) atoms. The molecule has 0 aromatic heterocycles. The van der Waals surface area contributed by atoms with Gasteiger partial charge < -0.3 is 4.74 Å². The van der Waals surface area contributed by atoms with Crippen molar-refractivity contribution in [1.82, 2.24) is 0 Å². The van der Waals surface area contributed by atoms with Gasteiger partial charge in [0.05, 0.1) is 6.61 Å². The van der Waals surface area contributed by atoms with E-state index in [0.717, 1.165) is 24.3 Å². The maximum Gasteiger partial charge on any atom is 0.190 e. The number of benzene rings is 1. The molecule has 1 nitrogen and oxygen atoms in total. The zero-order valence-electron chi connectivity index (χ0n) is 13.1. The largest absolute Gasteiger partial charge is 0.488 e. The highest BCUT2D eigenvalue weighted by molar-refractivity contribution is 5.33. The summed E-state index contributed by atoms with van der Waals surface area (Å²) >= 11 is 0. The molecule has 0 spiro atoms. The molecule has 3 heteroatoms. The standard InChI is InChI=1S/C18H26F2O/c1-3-5-6-13-7-9-14(10-8-13)15-11-16(19)18(21-4-2)17(20)12-15/h11-14H,3-10H2,1-2H3. The van der Waals surface area contributed by atoms with Gasteiger partial charge in [-0.2, -0.15) is 0 Å². The first-order valence-electron chi connectivity index (χ1n) is 8.27. The quantitative estimate of drug-likeness (QED) is 0.642. The van der Waals surface area contributed by atoms with Crippen LogP contribution in [-0.4, -0.2) is 6.61 Å². The summed E-state index contributed by atoms with van der Waals surface area (Å²) in [6, 6.07) is 2.93. The van der Waals surface area contributed by atoms with Crippen molar-refractivity contribution in [1.29, 1.82) is 0 Å². The minimum Gasteiger partial charge on any atom is -0.488 e. The maximum atomic E-state index is 13.9. The van der Waals surface area contributed by atoms with E-state index in [9.17, 15) is 8.78 Å². The SMILES string of the molecule is CCCCC1CCC(c2cc(F)c(OCC)c(F)c2)CC1. The lowest BCUT2D eigenvalue weighted by Gasteiger charge is -2.29. The molecule has 0 atom stereocenters. The lowest BCUT2D eigenvalue weighted by atomic mass is 9.77. The molecule has 0 saturated heterocycles. The fourth-order valence-corrected chi connectivity index (χ4v) is 3.37. The Kier molecular flexibility index (Phi) is 6.01. The van der Waals surface area contributed by atoms with Gasteiger partial charge in [-0.05, 0) is 62.1 Å². The molecule has 118 valence electrons. The summed E-state index contributed by atoms with van der Waals surface area (Å²) in [7, 11) is 0. The third kappa shape index (κ3) is 4.18. The molecular weight excluding hydrogens is 270 g/mol. The van der Waals surface area contributed by atoms with E-state index in [1.807, 2.05) is 0 Å². The minimum atomic E-state index is -0.569. The molecule has 0 unspecified atom stereocenters. The van der Waals surface area contributed by atoms with Crippen LogP contribution in [0.25, 0.3) is 0 Å². The van der Waals surface area contributed by atoms with E-state index >= 15 is 0 Å². The Morgan fingerprint density at radius 3 is 2.19 bits per heavy atom. The molecule has 0 amide bonds. The summed E-state index contributed by atoms with van der Waals surface area (Å²) in [5.41, 5.74) is 0.794. The minimum absolute atomic E-state index is 0.238. The second-order valence-electron chi connectivity index (χ2n) is 6.11. The van der Waals surface area contributed by atoms with E-state index < -0.39 is 11.6 Å². The molecule has 0 heterocycles. The van der Waals surface area contributed by atoms with Gasteiger partial charge >= 0.3 is 0 Å². The Labute approximate surface area is 126 Å². The van der Waals surface area contributed by atoms with Gasteiger partial charge in [-0.3, -0.25) is 0 Å². The number of unbranched alkanes of at least 4 members (excludes halogenated alkanes) is 1. The smallest absolute Gasteiger partial charge is 0.190 e. The van der Waals surface area contributed by atoms with Crippen molar-refractivity contribution in [2.24, 2.45) is 5.92 Å². The van der Waals surface area contributed by atoms with E-state index in [1.165, 1.54) is 44.2 Å². The first kappa shape index (κ1) is 16.3. The first-order chi connectivity index (χ1) is 10.2. The number of hydrogen-bond acceptors (Lipinski definition) is 1. The van der Waals surface area contributed by atoms with Crippen LogP contribution in [0, 0.1) is 17.6 Å². The van der Waals surface area contributed by atoms with Crippen LogP contribution in [0.5, 0.6) is 5.75 Å². The zero-order chi connectivity index (χ0) is 15.2. The molecule has 0 aliphatic heterocycles. The molecule has 0 N–H and O–H groups in total. The van der Waals surface area contributed by atoms with E-state index in [2.05, 4.69) is 6.92 Å². The van der Waals surface area contributed by atoms with Crippen molar-refractivity contribution in [2.75, 3.05) is 6.61 Å². The lowest BCUT2D eigenvalue weighted by molar-refractivity contribution is 0.294. The molecule has 1 saturated carbocycles. The highest BCUT2D eigenvalue weighted by Gasteiger charge is 2.24. The summed E-state index contributed by atoms with van der Waals surface area (Å²) in [4.78, 5) is 0.